The number of benzene rings is 1. The lowest BCUT2D eigenvalue weighted by atomic mass is 10.1. The van der Waals surface area contributed by atoms with Crippen molar-refractivity contribution in [2.45, 2.75) is 29.7 Å². The smallest absolute Gasteiger partial charge is 0.191 e. The van der Waals surface area contributed by atoms with E-state index in [1.807, 2.05) is 0 Å². The number of hydrogen-bond donors (Lipinski definition) is 0. The van der Waals surface area contributed by atoms with E-state index in [0.29, 0.717) is 23.0 Å². The van der Waals surface area contributed by atoms with Gasteiger partial charge < -0.3 is 4.57 Å². The minimum absolute atomic E-state index is 0.0910. The maximum Gasteiger partial charge on any atom is 0.191 e. The molecule has 2 atom stereocenters. The van der Waals surface area contributed by atoms with Crippen LogP contribution in [0.5, 0.6) is 0 Å². The molecular formula is C16H18FN3O3S2. The second-order valence-electron chi connectivity index (χ2n) is 6.13. The molecule has 6 nitrogen and oxygen atoms in total. The highest BCUT2D eigenvalue weighted by atomic mass is 32.2. The summed E-state index contributed by atoms with van der Waals surface area (Å²) in [6.45, 7) is 1.75. The topological polar surface area (TPSA) is 81.9 Å². The van der Waals surface area contributed by atoms with Crippen LogP contribution in [0.4, 0.5) is 4.39 Å². The van der Waals surface area contributed by atoms with Crippen molar-refractivity contribution in [3.8, 4) is 0 Å². The Labute approximate surface area is 149 Å². The van der Waals surface area contributed by atoms with Crippen molar-refractivity contribution in [1.82, 2.24) is 14.8 Å². The van der Waals surface area contributed by atoms with E-state index in [-0.39, 0.29) is 29.0 Å². The fourth-order valence-corrected chi connectivity index (χ4v) is 5.48. The number of rotatable bonds is 5. The number of aromatic nitrogens is 3. The van der Waals surface area contributed by atoms with Crippen LogP contribution in [0.2, 0.25) is 0 Å². The van der Waals surface area contributed by atoms with Crippen LogP contribution in [-0.4, -0.2) is 45.7 Å². The van der Waals surface area contributed by atoms with E-state index in [1.54, 1.807) is 18.5 Å². The van der Waals surface area contributed by atoms with Crippen LogP contribution in [0.3, 0.4) is 0 Å². The largest absolute Gasteiger partial charge is 0.309 e. The zero-order chi connectivity index (χ0) is 18.2. The van der Waals surface area contributed by atoms with Gasteiger partial charge in [0.05, 0.1) is 16.8 Å². The van der Waals surface area contributed by atoms with Crippen molar-refractivity contribution in [3.05, 3.63) is 41.5 Å². The molecule has 1 aliphatic heterocycles. The van der Waals surface area contributed by atoms with Crippen molar-refractivity contribution in [2.24, 2.45) is 7.05 Å². The molecule has 9 heteroatoms. The first-order valence-electron chi connectivity index (χ1n) is 7.83. The van der Waals surface area contributed by atoms with Gasteiger partial charge in [0.2, 0.25) is 0 Å². The lowest BCUT2D eigenvalue weighted by molar-refractivity contribution is 0.0994. The summed E-state index contributed by atoms with van der Waals surface area (Å²) < 4.78 is 38.0. The third kappa shape index (κ3) is 3.92. The van der Waals surface area contributed by atoms with Gasteiger partial charge in [-0.05, 0) is 37.6 Å². The number of sulfone groups is 1. The summed E-state index contributed by atoms with van der Waals surface area (Å²) >= 11 is 1.25. The number of halogens is 1. The number of nitrogens with zero attached hydrogens (tertiary/aromatic N) is 3. The Morgan fingerprint density at radius 3 is 2.60 bits per heavy atom. The Morgan fingerprint density at radius 1 is 1.32 bits per heavy atom. The van der Waals surface area contributed by atoms with E-state index in [2.05, 4.69) is 10.2 Å². The first kappa shape index (κ1) is 18.1. The van der Waals surface area contributed by atoms with E-state index >= 15 is 0 Å². The quantitative estimate of drug-likeness (QED) is 0.582. The maximum absolute atomic E-state index is 13.0. The molecule has 1 aliphatic rings. The molecule has 0 N–H and O–H groups in total. The van der Waals surface area contributed by atoms with Crippen LogP contribution in [0.1, 0.15) is 35.4 Å². The molecule has 1 saturated heterocycles. The molecule has 2 aromatic rings. The average molecular weight is 383 g/mol. The van der Waals surface area contributed by atoms with E-state index in [1.165, 1.54) is 36.0 Å². The van der Waals surface area contributed by atoms with Gasteiger partial charge in [-0.25, -0.2) is 12.8 Å². The number of Topliss-reactive ketones (excluding diaryl/α,β-unsaturated/α-hetero) is 1. The highest BCUT2D eigenvalue weighted by Crippen LogP contribution is 2.31. The van der Waals surface area contributed by atoms with Gasteiger partial charge in [-0.1, -0.05) is 11.8 Å². The SMILES string of the molecule is C[C@@H](Sc1nnc([C@@H]2CCS(=O)(=O)C2)n1C)C(=O)c1ccc(F)cc1. The van der Waals surface area contributed by atoms with Crippen molar-refractivity contribution in [3.63, 3.8) is 0 Å². The van der Waals surface area contributed by atoms with Crippen LogP contribution < -0.4 is 0 Å². The number of hydrogen-bond acceptors (Lipinski definition) is 6. The van der Waals surface area contributed by atoms with Crippen molar-refractivity contribution < 1.29 is 17.6 Å². The van der Waals surface area contributed by atoms with Crippen molar-refractivity contribution in [2.75, 3.05) is 11.5 Å². The summed E-state index contributed by atoms with van der Waals surface area (Å²) in [5.74, 6) is 0.226. The minimum Gasteiger partial charge on any atom is -0.309 e. The third-order valence-corrected chi connectivity index (χ3v) is 7.15. The average Bonchev–Trinajstić information content (AvgIpc) is 3.10. The van der Waals surface area contributed by atoms with Gasteiger partial charge >= 0.3 is 0 Å². The number of thioether (sulfide) groups is 1. The van der Waals surface area contributed by atoms with Crippen LogP contribution in [0.15, 0.2) is 29.4 Å². The molecule has 0 radical (unpaired) electrons. The molecule has 3 rings (SSSR count). The lowest BCUT2D eigenvalue weighted by Crippen LogP contribution is -2.15. The van der Waals surface area contributed by atoms with Crippen LogP contribution >= 0.6 is 11.8 Å². The second kappa shape index (κ2) is 6.87. The van der Waals surface area contributed by atoms with Gasteiger partial charge in [-0.3, -0.25) is 4.79 Å². The molecule has 134 valence electrons. The Hall–Kier alpha value is -1.74. The normalized spacial score (nSPS) is 20.5. The fraction of sp³-hybridized carbons (Fsp3) is 0.438. The summed E-state index contributed by atoms with van der Waals surface area (Å²) in [6.07, 6.45) is 0.545. The van der Waals surface area contributed by atoms with E-state index in [4.69, 9.17) is 0 Å². The molecular weight excluding hydrogens is 365 g/mol. The molecule has 0 saturated carbocycles. The minimum atomic E-state index is -3.00. The van der Waals surface area contributed by atoms with E-state index < -0.39 is 15.1 Å². The first-order valence-corrected chi connectivity index (χ1v) is 10.5. The van der Waals surface area contributed by atoms with Gasteiger partial charge in [-0.2, -0.15) is 0 Å². The Morgan fingerprint density at radius 2 is 2.00 bits per heavy atom. The fourth-order valence-electron chi connectivity index (χ4n) is 2.84. The molecule has 1 aromatic carbocycles. The molecule has 25 heavy (non-hydrogen) atoms. The molecule has 0 amide bonds. The van der Waals surface area contributed by atoms with Gasteiger partial charge in [-0.15, -0.1) is 10.2 Å². The standard InChI is InChI=1S/C16H18FN3O3S2/c1-10(14(21)11-3-5-13(17)6-4-11)24-16-19-18-15(20(16)2)12-7-8-25(22,23)9-12/h3-6,10,12H,7-9H2,1-2H3/t10-,12-/m1/s1. The van der Waals surface area contributed by atoms with Gasteiger partial charge in [0.25, 0.3) is 0 Å². The van der Waals surface area contributed by atoms with E-state index in [0.717, 1.165) is 0 Å². The predicted octanol–water partition coefficient (Wildman–Crippen LogP) is 2.22. The summed E-state index contributed by atoms with van der Waals surface area (Å²) in [4.78, 5) is 12.4. The summed E-state index contributed by atoms with van der Waals surface area (Å²) in [7, 11) is -1.22. The Bertz CT molecular complexity index is 894. The Kier molecular flexibility index (Phi) is 4.97. The van der Waals surface area contributed by atoms with Crippen LogP contribution in [0.25, 0.3) is 0 Å². The highest BCUT2D eigenvalue weighted by molar-refractivity contribution is 8.00. The summed E-state index contributed by atoms with van der Waals surface area (Å²) in [5.41, 5.74) is 0.436. The van der Waals surface area contributed by atoms with E-state index in [9.17, 15) is 17.6 Å². The molecule has 1 aromatic heterocycles. The maximum atomic E-state index is 13.0. The number of carbonyl (C=O) groups excluding carboxylic acids is 1. The Balaban J connectivity index is 1.73. The van der Waals surface area contributed by atoms with Crippen molar-refractivity contribution in [1.29, 1.82) is 0 Å². The second-order valence-corrected chi connectivity index (χ2v) is 9.67. The van der Waals surface area contributed by atoms with Gasteiger partial charge in [0.15, 0.2) is 20.8 Å². The number of ketones is 1. The first-order chi connectivity index (χ1) is 11.8. The highest BCUT2D eigenvalue weighted by Gasteiger charge is 2.33. The predicted molar refractivity (Wildman–Crippen MR) is 93.1 cm³/mol. The molecule has 0 unspecified atom stereocenters. The number of carbonyl (C=O) groups is 1. The summed E-state index contributed by atoms with van der Waals surface area (Å²) in [6, 6.07) is 5.43. The molecule has 2 heterocycles. The van der Waals surface area contributed by atoms with Crippen LogP contribution in [-0.2, 0) is 16.9 Å². The molecule has 0 aliphatic carbocycles. The van der Waals surface area contributed by atoms with Crippen molar-refractivity contribution >= 4 is 27.4 Å². The zero-order valence-electron chi connectivity index (χ0n) is 13.8. The third-order valence-electron chi connectivity index (χ3n) is 4.25. The monoisotopic (exact) mass is 383 g/mol. The molecule has 1 fully saturated rings. The molecule has 0 spiro atoms. The van der Waals surface area contributed by atoms with Gasteiger partial charge in [0, 0.05) is 18.5 Å². The van der Waals surface area contributed by atoms with Gasteiger partial charge in [0.1, 0.15) is 11.6 Å². The zero-order valence-corrected chi connectivity index (χ0v) is 15.5. The lowest BCUT2D eigenvalue weighted by Gasteiger charge is -2.11. The van der Waals surface area contributed by atoms with Crippen LogP contribution in [0, 0.1) is 5.82 Å². The summed E-state index contributed by atoms with van der Waals surface area (Å²) in [5, 5.41) is 8.37. The molecule has 0 bridgehead atoms.